The number of aromatic nitrogens is 1. The van der Waals surface area contributed by atoms with Gasteiger partial charge < -0.3 is 9.84 Å². The van der Waals surface area contributed by atoms with Crippen molar-refractivity contribution in [2.75, 3.05) is 13.2 Å². The molecule has 0 saturated heterocycles. The maximum absolute atomic E-state index is 13.4. The zero-order valence-electron chi connectivity index (χ0n) is 7.98. The number of aliphatic hydroxyl groups is 1. The minimum Gasteiger partial charge on any atom is -0.488 e. The van der Waals surface area contributed by atoms with E-state index in [0.29, 0.717) is 5.52 Å². The molecule has 4 heteroatoms. The normalized spacial score (nSPS) is 10.5. The van der Waals surface area contributed by atoms with Crippen LogP contribution in [0.2, 0.25) is 0 Å². The first-order valence-electron chi connectivity index (χ1n) is 4.59. The van der Waals surface area contributed by atoms with Crippen LogP contribution in [0, 0.1) is 5.82 Å². The molecule has 0 radical (unpaired) electrons. The molecule has 0 amide bonds. The van der Waals surface area contributed by atoms with Crippen LogP contribution in [-0.4, -0.2) is 23.3 Å². The van der Waals surface area contributed by atoms with Crippen molar-refractivity contribution in [3.05, 3.63) is 36.3 Å². The van der Waals surface area contributed by atoms with Crippen molar-refractivity contribution >= 4 is 10.9 Å². The van der Waals surface area contributed by atoms with Gasteiger partial charge in [-0.1, -0.05) is 6.07 Å². The first-order valence-corrected chi connectivity index (χ1v) is 4.59. The number of fused-ring (bicyclic) bond motifs is 1. The fraction of sp³-hybridized carbons (Fsp3) is 0.182. The lowest BCUT2D eigenvalue weighted by Gasteiger charge is -2.06. The molecule has 0 unspecified atom stereocenters. The molecule has 15 heavy (non-hydrogen) atoms. The largest absolute Gasteiger partial charge is 0.488 e. The summed E-state index contributed by atoms with van der Waals surface area (Å²) in [5, 5.41) is 9.30. The van der Waals surface area contributed by atoms with Crippen LogP contribution in [0.25, 0.3) is 10.9 Å². The summed E-state index contributed by atoms with van der Waals surface area (Å²) in [7, 11) is 0. The predicted molar refractivity (Wildman–Crippen MR) is 54.3 cm³/mol. The summed E-state index contributed by atoms with van der Waals surface area (Å²) < 4.78 is 18.4. The maximum atomic E-state index is 13.4. The fourth-order valence-corrected chi connectivity index (χ4v) is 1.34. The monoisotopic (exact) mass is 207 g/mol. The van der Waals surface area contributed by atoms with E-state index in [1.807, 2.05) is 0 Å². The third-order valence-corrected chi connectivity index (χ3v) is 2.01. The average Bonchev–Trinajstić information content (AvgIpc) is 2.26. The Labute approximate surface area is 86.1 Å². The van der Waals surface area contributed by atoms with Crippen molar-refractivity contribution in [3.63, 3.8) is 0 Å². The second kappa shape index (κ2) is 4.23. The molecule has 1 heterocycles. The minimum absolute atomic E-state index is 0.0786. The Balaban J connectivity index is 2.43. The molecule has 3 nitrogen and oxygen atoms in total. The van der Waals surface area contributed by atoms with E-state index in [4.69, 9.17) is 9.84 Å². The van der Waals surface area contributed by atoms with Crippen LogP contribution < -0.4 is 4.74 Å². The van der Waals surface area contributed by atoms with Gasteiger partial charge in [0.2, 0.25) is 0 Å². The van der Waals surface area contributed by atoms with Crippen LogP contribution >= 0.6 is 0 Å². The van der Waals surface area contributed by atoms with E-state index in [9.17, 15) is 4.39 Å². The highest BCUT2D eigenvalue weighted by Crippen LogP contribution is 2.23. The molecule has 1 aromatic carbocycles. The first kappa shape index (κ1) is 9.86. The van der Waals surface area contributed by atoms with E-state index in [-0.39, 0.29) is 19.0 Å². The van der Waals surface area contributed by atoms with Gasteiger partial charge in [0.15, 0.2) is 11.6 Å². The van der Waals surface area contributed by atoms with Crippen LogP contribution in [-0.2, 0) is 0 Å². The second-order valence-electron chi connectivity index (χ2n) is 3.05. The molecular weight excluding hydrogens is 197 g/mol. The molecule has 0 bridgehead atoms. The van der Waals surface area contributed by atoms with E-state index < -0.39 is 5.82 Å². The van der Waals surface area contributed by atoms with Gasteiger partial charge >= 0.3 is 0 Å². The number of hydrogen-bond acceptors (Lipinski definition) is 3. The van der Waals surface area contributed by atoms with Crippen LogP contribution in [0.15, 0.2) is 30.5 Å². The van der Waals surface area contributed by atoms with Crippen molar-refractivity contribution in [2.45, 2.75) is 0 Å². The number of rotatable bonds is 3. The third-order valence-electron chi connectivity index (χ3n) is 2.01. The van der Waals surface area contributed by atoms with Gasteiger partial charge in [-0.2, -0.15) is 0 Å². The highest BCUT2D eigenvalue weighted by atomic mass is 19.1. The van der Waals surface area contributed by atoms with E-state index in [2.05, 4.69) is 4.98 Å². The molecule has 0 aliphatic rings. The number of hydrogen-bond donors (Lipinski definition) is 1. The van der Waals surface area contributed by atoms with Gasteiger partial charge in [-0.05, 0) is 12.1 Å². The van der Waals surface area contributed by atoms with Crippen LogP contribution in [0.1, 0.15) is 0 Å². The molecule has 0 atom stereocenters. The van der Waals surface area contributed by atoms with Gasteiger partial charge in [0, 0.05) is 17.6 Å². The highest BCUT2D eigenvalue weighted by Gasteiger charge is 2.05. The third kappa shape index (κ3) is 2.05. The van der Waals surface area contributed by atoms with E-state index >= 15 is 0 Å². The van der Waals surface area contributed by atoms with Gasteiger partial charge in [-0.3, -0.25) is 4.98 Å². The molecule has 2 rings (SSSR count). The standard InChI is InChI=1S/C11H10FNO2/c12-9-6-8-2-1-3-13-10(8)7-11(9)15-5-4-14/h1-3,6-7,14H,4-5H2. The smallest absolute Gasteiger partial charge is 0.165 e. The first-order chi connectivity index (χ1) is 7.31. The number of halogens is 1. The number of benzene rings is 1. The lowest BCUT2D eigenvalue weighted by molar-refractivity contribution is 0.196. The molecule has 0 saturated carbocycles. The highest BCUT2D eigenvalue weighted by molar-refractivity contribution is 5.79. The van der Waals surface area contributed by atoms with Crippen LogP contribution in [0.4, 0.5) is 4.39 Å². The topological polar surface area (TPSA) is 42.4 Å². The number of pyridine rings is 1. The van der Waals surface area contributed by atoms with Crippen molar-refractivity contribution in [1.82, 2.24) is 4.98 Å². The van der Waals surface area contributed by atoms with Gasteiger partial charge in [-0.25, -0.2) is 4.39 Å². The Bertz CT molecular complexity index is 473. The summed E-state index contributed by atoms with van der Waals surface area (Å²) in [5.74, 6) is -0.320. The molecule has 1 aromatic heterocycles. The van der Waals surface area contributed by atoms with E-state index in [0.717, 1.165) is 5.39 Å². The molecule has 1 N–H and O–H groups in total. The van der Waals surface area contributed by atoms with E-state index in [1.54, 1.807) is 18.3 Å². The van der Waals surface area contributed by atoms with Gasteiger partial charge in [0.1, 0.15) is 6.61 Å². The lowest BCUT2D eigenvalue weighted by Crippen LogP contribution is -2.03. The summed E-state index contributed by atoms with van der Waals surface area (Å²) in [5.41, 5.74) is 0.673. The summed E-state index contributed by atoms with van der Waals surface area (Å²) in [6.07, 6.45) is 1.63. The SMILES string of the molecule is OCCOc1cc2ncccc2cc1F. The Morgan fingerprint density at radius 3 is 3.07 bits per heavy atom. The van der Waals surface area contributed by atoms with Crippen molar-refractivity contribution in [3.8, 4) is 5.75 Å². The number of nitrogens with zero attached hydrogens (tertiary/aromatic N) is 1. The molecule has 78 valence electrons. The molecule has 2 aromatic rings. The van der Waals surface area contributed by atoms with Gasteiger partial charge in [0.25, 0.3) is 0 Å². The molecule has 0 spiro atoms. The van der Waals surface area contributed by atoms with Crippen molar-refractivity contribution < 1.29 is 14.2 Å². The van der Waals surface area contributed by atoms with Gasteiger partial charge in [0.05, 0.1) is 12.1 Å². The maximum Gasteiger partial charge on any atom is 0.165 e. The summed E-state index contributed by atoms with van der Waals surface area (Å²) in [6.45, 7) is -0.0606. The van der Waals surface area contributed by atoms with Crippen LogP contribution in [0.3, 0.4) is 0 Å². The molecule has 0 aliphatic heterocycles. The molecule has 0 aliphatic carbocycles. The minimum atomic E-state index is -0.441. The van der Waals surface area contributed by atoms with E-state index in [1.165, 1.54) is 12.1 Å². The van der Waals surface area contributed by atoms with Crippen LogP contribution in [0.5, 0.6) is 5.75 Å². The zero-order valence-corrected chi connectivity index (χ0v) is 7.98. The van der Waals surface area contributed by atoms with Gasteiger partial charge in [-0.15, -0.1) is 0 Å². The Morgan fingerprint density at radius 1 is 1.40 bits per heavy atom. The summed E-state index contributed by atoms with van der Waals surface area (Å²) >= 11 is 0. The number of aliphatic hydroxyl groups excluding tert-OH is 1. The Kier molecular flexibility index (Phi) is 2.78. The summed E-state index contributed by atoms with van der Waals surface area (Å²) in [6, 6.07) is 6.42. The zero-order chi connectivity index (χ0) is 10.7. The quantitative estimate of drug-likeness (QED) is 0.833. The summed E-state index contributed by atoms with van der Waals surface area (Å²) in [4.78, 5) is 4.08. The fourth-order valence-electron chi connectivity index (χ4n) is 1.34. The Morgan fingerprint density at radius 2 is 2.27 bits per heavy atom. The lowest BCUT2D eigenvalue weighted by atomic mass is 10.2. The second-order valence-corrected chi connectivity index (χ2v) is 3.05. The number of ether oxygens (including phenoxy) is 1. The average molecular weight is 207 g/mol. The predicted octanol–water partition coefficient (Wildman–Crippen LogP) is 1.74. The van der Waals surface area contributed by atoms with Crippen molar-refractivity contribution in [2.24, 2.45) is 0 Å². The molecular formula is C11H10FNO2. The Hall–Kier alpha value is -1.68. The molecule has 0 fully saturated rings. The van der Waals surface area contributed by atoms with Crippen molar-refractivity contribution in [1.29, 1.82) is 0 Å².